The van der Waals surface area contributed by atoms with Crippen LogP contribution in [0.15, 0.2) is 105 Å². The van der Waals surface area contributed by atoms with Crippen molar-refractivity contribution in [2.75, 3.05) is 37.6 Å². The van der Waals surface area contributed by atoms with E-state index >= 15 is 0 Å². The fourth-order valence-electron chi connectivity index (χ4n) is 9.27. The number of piperidine rings is 3. The van der Waals surface area contributed by atoms with E-state index in [4.69, 9.17) is 8.84 Å². The zero-order chi connectivity index (χ0) is 44.5. The number of benzene rings is 4. The molecule has 13 heteroatoms. The van der Waals surface area contributed by atoms with Gasteiger partial charge in [0.25, 0.3) is 0 Å². The first kappa shape index (κ1) is 44.1. The van der Waals surface area contributed by atoms with Gasteiger partial charge >= 0.3 is 11.8 Å². The number of hydrogen-bond acceptors (Lipinski definition) is 8. The zero-order valence-electron chi connectivity index (χ0n) is 37.2. The Morgan fingerprint density at radius 2 is 1.70 bits per heavy atom. The van der Waals surface area contributed by atoms with Gasteiger partial charge in [0.1, 0.15) is 5.75 Å². The molecule has 4 aromatic carbocycles. The van der Waals surface area contributed by atoms with Crippen molar-refractivity contribution < 1.29 is 23.9 Å². The smallest absolute Gasteiger partial charge is 0.419 e. The Morgan fingerprint density at radius 3 is 2.41 bits per heavy atom. The molecular formula is C50H61N5O7Si. The Morgan fingerprint density at radius 1 is 0.952 bits per heavy atom. The van der Waals surface area contributed by atoms with Crippen molar-refractivity contribution in [1.82, 2.24) is 19.8 Å². The average Bonchev–Trinajstić information content (AvgIpc) is 3.57. The first-order valence-corrected chi connectivity index (χ1v) is 25.4. The van der Waals surface area contributed by atoms with Crippen LogP contribution in [-0.4, -0.2) is 77.8 Å². The van der Waals surface area contributed by atoms with Crippen molar-refractivity contribution in [2.45, 2.75) is 96.1 Å². The zero-order valence-corrected chi connectivity index (χ0v) is 38.2. The van der Waals surface area contributed by atoms with Crippen molar-refractivity contribution in [3.05, 3.63) is 129 Å². The highest BCUT2D eigenvalue weighted by Crippen LogP contribution is 2.42. The number of nitrogens with one attached hydrogen (secondary N) is 2. The summed E-state index contributed by atoms with van der Waals surface area (Å²) in [6.07, 6.45) is 3.84. The van der Waals surface area contributed by atoms with Crippen LogP contribution in [0.4, 0.5) is 10.5 Å². The molecule has 3 fully saturated rings. The molecule has 1 amide bonds. The van der Waals surface area contributed by atoms with Crippen molar-refractivity contribution in [3.8, 4) is 16.9 Å². The van der Waals surface area contributed by atoms with Gasteiger partial charge < -0.3 is 34.3 Å². The quantitative estimate of drug-likeness (QED) is 0.0551. The lowest BCUT2D eigenvalue weighted by molar-refractivity contribution is 0.0837. The standard InChI is InChI=1S/C50H61N5O7Si/c1-50(2,3)63(4,5)62-45(38-17-20-43(56)47-39(38)18-21-46(57)52-47)31-51-25-22-34-15-19-40-44(30-34)61-49(60)54(40)26-10-9-11-33-14-16-37(35-12-7-6-8-13-35)41(29-33)55(48(58)59)42-32-53-27-23-36(42)24-28-53/h6-8,12-21,29-30,36,42,45,51,56H,9-11,22-28,31-32H2,1-5H3,(H,52,57)(H,58,59)/t42-,45-/m0/s1. The molecule has 2 atom stereocenters. The van der Waals surface area contributed by atoms with Gasteiger partial charge in [0, 0.05) is 36.7 Å². The van der Waals surface area contributed by atoms with Gasteiger partial charge in [-0.1, -0.05) is 75.4 Å². The third-order valence-corrected chi connectivity index (χ3v) is 18.3. The number of carbonyl (C=O) groups is 1. The number of amides is 1. The second-order valence-corrected chi connectivity index (χ2v) is 23.7. The predicted molar refractivity (Wildman–Crippen MR) is 253 cm³/mol. The van der Waals surface area contributed by atoms with E-state index in [2.05, 4.69) is 67.3 Å². The number of fused-ring (bicyclic) bond motifs is 5. The molecule has 6 aromatic rings. The summed E-state index contributed by atoms with van der Waals surface area (Å²) in [4.78, 5) is 45.1. The molecule has 0 aliphatic carbocycles. The number of rotatable bonds is 16. The highest BCUT2D eigenvalue weighted by Gasteiger charge is 2.41. The number of phenolic OH excluding ortho intramolecular Hbond substituents is 1. The molecule has 2 aromatic heterocycles. The molecule has 0 radical (unpaired) electrons. The van der Waals surface area contributed by atoms with E-state index in [0.29, 0.717) is 43.1 Å². The molecule has 4 N–H and O–H groups in total. The van der Waals surface area contributed by atoms with Gasteiger partial charge in [0.05, 0.1) is 28.9 Å². The minimum Gasteiger partial charge on any atom is -0.506 e. The van der Waals surface area contributed by atoms with Crippen molar-refractivity contribution in [2.24, 2.45) is 5.92 Å². The lowest BCUT2D eigenvalue weighted by Gasteiger charge is -2.48. The Hall–Kier alpha value is -5.47. The SMILES string of the molecule is CC(C)(C)[Si](C)(C)O[C@@H](CNCCc1ccc2c(c1)oc(=O)n2CCCCc1ccc(-c2ccccc2)c(N(C(=O)O)[C@H]2CN3CCC2CC3)c1)c1ccc(O)c2[nH]c(=O)ccc12. The number of nitrogens with zero attached hydrogens (tertiary/aromatic N) is 3. The van der Waals surface area contributed by atoms with Crippen LogP contribution in [0.25, 0.3) is 33.1 Å². The summed E-state index contributed by atoms with van der Waals surface area (Å²) < 4.78 is 14.4. The topological polar surface area (TPSA) is 153 Å². The summed E-state index contributed by atoms with van der Waals surface area (Å²) in [7, 11) is -2.22. The normalized spacial score (nSPS) is 18.3. The molecular weight excluding hydrogens is 811 g/mol. The van der Waals surface area contributed by atoms with Crippen molar-refractivity contribution in [1.29, 1.82) is 0 Å². The number of aromatic nitrogens is 2. The van der Waals surface area contributed by atoms with Crippen LogP contribution < -0.4 is 21.5 Å². The number of phenols is 1. The summed E-state index contributed by atoms with van der Waals surface area (Å²) in [5, 5.41) is 25.5. The summed E-state index contributed by atoms with van der Waals surface area (Å²) >= 11 is 0. The number of carboxylic acid groups (broad SMARTS) is 1. The van der Waals surface area contributed by atoms with E-state index in [9.17, 15) is 24.6 Å². The van der Waals surface area contributed by atoms with Crippen LogP contribution in [0, 0.1) is 5.92 Å². The van der Waals surface area contributed by atoms with Gasteiger partial charge in [-0.3, -0.25) is 14.3 Å². The molecule has 3 aliphatic heterocycles. The van der Waals surface area contributed by atoms with Gasteiger partial charge in [-0.2, -0.15) is 0 Å². The number of aryl methyl sites for hydroxylation is 2. The molecule has 63 heavy (non-hydrogen) atoms. The molecule has 0 spiro atoms. The van der Waals surface area contributed by atoms with Crippen LogP contribution in [0.5, 0.6) is 5.75 Å². The van der Waals surface area contributed by atoms with Crippen LogP contribution >= 0.6 is 0 Å². The highest BCUT2D eigenvalue weighted by atomic mass is 28.4. The summed E-state index contributed by atoms with van der Waals surface area (Å²) in [5.74, 6) is -0.00286. The first-order chi connectivity index (χ1) is 30.2. The number of unbranched alkanes of at least 4 members (excludes halogenated alkanes) is 1. The second-order valence-electron chi connectivity index (χ2n) is 19.0. The van der Waals surface area contributed by atoms with Crippen molar-refractivity contribution >= 4 is 42.1 Å². The Kier molecular flexibility index (Phi) is 12.8. The number of aromatic amines is 1. The van der Waals surface area contributed by atoms with E-state index < -0.39 is 14.4 Å². The van der Waals surface area contributed by atoms with Gasteiger partial charge in [-0.25, -0.2) is 9.59 Å². The third kappa shape index (κ3) is 9.57. The van der Waals surface area contributed by atoms with E-state index in [1.165, 1.54) is 6.07 Å². The summed E-state index contributed by atoms with van der Waals surface area (Å²) in [6.45, 7) is 15.6. The molecule has 3 saturated heterocycles. The first-order valence-electron chi connectivity index (χ1n) is 22.5. The Balaban J connectivity index is 0.914. The highest BCUT2D eigenvalue weighted by molar-refractivity contribution is 6.74. The predicted octanol–water partition coefficient (Wildman–Crippen LogP) is 9.31. The molecule has 0 unspecified atom stereocenters. The maximum absolute atomic E-state index is 13.1. The molecule has 332 valence electrons. The van der Waals surface area contributed by atoms with Gasteiger partial charge in [-0.15, -0.1) is 0 Å². The number of H-pyrrole nitrogens is 1. The maximum Gasteiger partial charge on any atom is 0.419 e. The average molecular weight is 872 g/mol. The molecule has 0 saturated carbocycles. The maximum atomic E-state index is 13.1. The Bertz CT molecular complexity index is 2690. The fourth-order valence-corrected chi connectivity index (χ4v) is 10.5. The largest absolute Gasteiger partial charge is 0.506 e. The lowest BCUT2D eigenvalue weighted by Crippen LogP contribution is -2.59. The van der Waals surface area contributed by atoms with Crippen LogP contribution in [0.3, 0.4) is 0 Å². The minimum absolute atomic E-state index is 0.0189. The molecule has 2 bridgehead atoms. The molecule has 3 aliphatic rings. The number of hydrogen-bond donors (Lipinski definition) is 4. The van der Waals surface area contributed by atoms with E-state index in [1.54, 1.807) is 21.6 Å². The minimum atomic E-state index is -2.22. The number of aromatic hydroxyl groups is 1. The second kappa shape index (κ2) is 18.3. The number of anilines is 1. The van der Waals surface area contributed by atoms with Crippen LogP contribution in [0.2, 0.25) is 18.1 Å². The van der Waals surface area contributed by atoms with Gasteiger partial charge in [0.15, 0.2) is 13.9 Å². The van der Waals surface area contributed by atoms with E-state index in [-0.39, 0.29) is 34.2 Å². The Labute approximate surface area is 369 Å². The third-order valence-electron chi connectivity index (χ3n) is 13.8. The van der Waals surface area contributed by atoms with Crippen LogP contribution in [-0.2, 0) is 23.8 Å². The van der Waals surface area contributed by atoms with Gasteiger partial charge in [-0.05, 0) is 135 Å². The molecule has 5 heterocycles. The van der Waals surface area contributed by atoms with E-state index in [1.807, 2.05) is 54.6 Å². The molecule has 12 nitrogen and oxygen atoms in total. The molecule has 9 rings (SSSR count). The lowest BCUT2D eigenvalue weighted by atomic mass is 9.82. The van der Waals surface area contributed by atoms with E-state index in [0.717, 1.165) is 96.1 Å². The number of oxazole rings is 1. The van der Waals surface area contributed by atoms with Crippen molar-refractivity contribution in [3.63, 3.8) is 0 Å². The summed E-state index contributed by atoms with van der Waals surface area (Å²) in [5.41, 5.74) is 7.12. The fraction of sp³-hybridized carbons (Fsp3) is 0.420. The number of pyridine rings is 1. The van der Waals surface area contributed by atoms with Gasteiger partial charge in [0.2, 0.25) is 5.56 Å². The summed E-state index contributed by atoms with van der Waals surface area (Å²) in [6, 6.07) is 28.9. The van der Waals surface area contributed by atoms with Crippen LogP contribution in [0.1, 0.15) is 69.2 Å². The monoisotopic (exact) mass is 871 g/mol.